The number of hydrogen-bond acceptors (Lipinski definition) is 3. The van der Waals surface area contributed by atoms with E-state index < -0.39 is 0 Å². The first-order valence-corrected chi connectivity index (χ1v) is 7.24. The quantitative estimate of drug-likeness (QED) is 0.771. The van der Waals surface area contributed by atoms with Crippen LogP contribution in [0.3, 0.4) is 0 Å². The number of nitrogens with two attached hydrogens (primary N) is 1. The van der Waals surface area contributed by atoms with Gasteiger partial charge in [0.05, 0.1) is 17.4 Å². The molecule has 0 radical (unpaired) electrons. The third kappa shape index (κ3) is 3.05. The molecule has 1 aromatic carbocycles. The van der Waals surface area contributed by atoms with Crippen LogP contribution in [-0.4, -0.2) is 0 Å². The minimum absolute atomic E-state index is 0.361. The van der Waals surface area contributed by atoms with Gasteiger partial charge in [0.2, 0.25) is 0 Å². The average Bonchev–Trinajstić information content (AvgIpc) is 2.85. The molecular weight excluding hydrogens is 240 g/mol. The highest BCUT2D eigenvalue weighted by Gasteiger charge is 2.12. The molecule has 18 heavy (non-hydrogen) atoms. The Morgan fingerprint density at radius 2 is 2.17 bits per heavy atom. The summed E-state index contributed by atoms with van der Waals surface area (Å²) in [6.45, 7) is 4.27. The lowest BCUT2D eigenvalue weighted by Crippen LogP contribution is -2.10. The van der Waals surface area contributed by atoms with E-state index in [1.807, 2.05) is 6.07 Å². The summed E-state index contributed by atoms with van der Waals surface area (Å²) >= 11 is 1.80. The molecule has 1 heterocycles. The van der Waals surface area contributed by atoms with Gasteiger partial charge in [-0.15, -0.1) is 11.3 Å². The fourth-order valence-corrected chi connectivity index (χ4v) is 2.88. The first kappa shape index (κ1) is 13.0. The first-order chi connectivity index (χ1) is 8.70. The van der Waals surface area contributed by atoms with Gasteiger partial charge in [0.25, 0.3) is 0 Å². The van der Waals surface area contributed by atoms with Gasteiger partial charge in [-0.1, -0.05) is 25.5 Å². The van der Waals surface area contributed by atoms with Crippen LogP contribution >= 0.6 is 11.3 Å². The second-order valence-corrected chi connectivity index (χ2v) is 5.57. The monoisotopic (exact) mass is 260 g/mol. The third-order valence-electron chi connectivity index (χ3n) is 3.00. The molecule has 0 aliphatic heterocycles. The zero-order chi connectivity index (χ0) is 13.0. The lowest BCUT2D eigenvalue weighted by molar-refractivity contribution is 0.688. The first-order valence-electron chi connectivity index (χ1n) is 6.36. The van der Waals surface area contributed by atoms with E-state index in [1.54, 1.807) is 11.3 Å². The summed E-state index contributed by atoms with van der Waals surface area (Å²) in [4.78, 5) is 1.37. The van der Waals surface area contributed by atoms with Crippen molar-refractivity contribution in [1.29, 1.82) is 0 Å². The molecule has 0 aliphatic carbocycles. The minimum Gasteiger partial charge on any atom is -0.397 e. The van der Waals surface area contributed by atoms with E-state index in [0.717, 1.165) is 24.2 Å². The molecule has 2 rings (SSSR count). The lowest BCUT2D eigenvalue weighted by Gasteiger charge is -2.19. The van der Waals surface area contributed by atoms with Crippen LogP contribution in [0, 0.1) is 6.92 Å². The van der Waals surface area contributed by atoms with Crippen LogP contribution < -0.4 is 11.1 Å². The van der Waals surface area contributed by atoms with Crippen molar-refractivity contribution >= 4 is 22.7 Å². The molecule has 3 heteroatoms. The van der Waals surface area contributed by atoms with Crippen molar-refractivity contribution < 1.29 is 0 Å². The van der Waals surface area contributed by atoms with Gasteiger partial charge >= 0.3 is 0 Å². The molecule has 0 spiro atoms. The topological polar surface area (TPSA) is 38.0 Å². The molecule has 1 atom stereocenters. The molecule has 0 fully saturated rings. The van der Waals surface area contributed by atoms with Gasteiger partial charge in [-0.25, -0.2) is 0 Å². The van der Waals surface area contributed by atoms with E-state index in [2.05, 4.69) is 48.8 Å². The van der Waals surface area contributed by atoms with Crippen LogP contribution in [0.5, 0.6) is 0 Å². The number of benzene rings is 1. The summed E-state index contributed by atoms with van der Waals surface area (Å²) in [7, 11) is 0. The SMILES string of the molecule is CCCC(Nc1ccc(C)cc1N)c1cccs1. The summed E-state index contributed by atoms with van der Waals surface area (Å²) < 4.78 is 0. The van der Waals surface area contributed by atoms with Gasteiger partial charge in [0.15, 0.2) is 0 Å². The number of hydrogen-bond donors (Lipinski definition) is 2. The summed E-state index contributed by atoms with van der Waals surface area (Å²) in [5.74, 6) is 0. The van der Waals surface area contributed by atoms with Crippen LogP contribution in [-0.2, 0) is 0 Å². The van der Waals surface area contributed by atoms with Crippen molar-refractivity contribution in [3.8, 4) is 0 Å². The van der Waals surface area contributed by atoms with E-state index in [-0.39, 0.29) is 0 Å². The predicted molar refractivity (Wildman–Crippen MR) is 81.2 cm³/mol. The zero-order valence-corrected chi connectivity index (χ0v) is 11.8. The lowest BCUT2D eigenvalue weighted by atomic mass is 10.1. The Morgan fingerprint density at radius 1 is 1.33 bits per heavy atom. The maximum Gasteiger partial charge on any atom is 0.0607 e. The second-order valence-electron chi connectivity index (χ2n) is 4.59. The summed E-state index contributed by atoms with van der Waals surface area (Å²) in [6, 6.07) is 10.8. The fourth-order valence-electron chi connectivity index (χ4n) is 2.07. The highest BCUT2D eigenvalue weighted by molar-refractivity contribution is 7.10. The van der Waals surface area contributed by atoms with Gasteiger partial charge in [-0.2, -0.15) is 0 Å². The van der Waals surface area contributed by atoms with Crippen molar-refractivity contribution in [3.63, 3.8) is 0 Å². The summed E-state index contributed by atoms with van der Waals surface area (Å²) in [5, 5.41) is 5.69. The summed E-state index contributed by atoms with van der Waals surface area (Å²) in [6.07, 6.45) is 2.27. The van der Waals surface area contributed by atoms with Crippen LogP contribution in [0.2, 0.25) is 0 Å². The van der Waals surface area contributed by atoms with Gasteiger partial charge in [-0.3, -0.25) is 0 Å². The van der Waals surface area contributed by atoms with Crippen molar-refractivity contribution in [3.05, 3.63) is 46.2 Å². The Hall–Kier alpha value is -1.48. The molecule has 1 aromatic heterocycles. The van der Waals surface area contributed by atoms with Crippen molar-refractivity contribution in [2.24, 2.45) is 0 Å². The molecule has 0 aliphatic rings. The maximum absolute atomic E-state index is 6.06. The van der Waals surface area contributed by atoms with E-state index in [0.29, 0.717) is 6.04 Å². The smallest absolute Gasteiger partial charge is 0.0607 e. The van der Waals surface area contributed by atoms with Gasteiger partial charge in [0, 0.05) is 4.88 Å². The van der Waals surface area contributed by atoms with Gasteiger partial charge in [0.1, 0.15) is 0 Å². The second kappa shape index (κ2) is 5.91. The van der Waals surface area contributed by atoms with Crippen molar-refractivity contribution in [1.82, 2.24) is 0 Å². The van der Waals surface area contributed by atoms with Crippen LogP contribution in [0.15, 0.2) is 35.7 Å². The minimum atomic E-state index is 0.361. The van der Waals surface area contributed by atoms with Gasteiger partial charge < -0.3 is 11.1 Å². The molecule has 3 N–H and O–H groups in total. The fraction of sp³-hybridized carbons (Fsp3) is 0.333. The molecular formula is C15H20N2S. The van der Waals surface area contributed by atoms with Crippen molar-refractivity contribution in [2.75, 3.05) is 11.1 Å². The molecule has 96 valence electrons. The number of nitrogens with one attached hydrogen (secondary N) is 1. The molecule has 0 bridgehead atoms. The molecule has 0 saturated heterocycles. The number of anilines is 2. The Kier molecular flexibility index (Phi) is 4.26. The Morgan fingerprint density at radius 3 is 2.78 bits per heavy atom. The molecule has 0 saturated carbocycles. The Bertz CT molecular complexity index is 491. The highest BCUT2D eigenvalue weighted by atomic mass is 32.1. The van der Waals surface area contributed by atoms with E-state index in [4.69, 9.17) is 5.73 Å². The standard InChI is InChI=1S/C15H20N2S/c1-3-5-14(15-6-4-9-18-15)17-13-8-7-11(2)10-12(13)16/h4,6-10,14,17H,3,5,16H2,1-2H3. The Balaban J connectivity index is 2.18. The largest absolute Gasteiger partial charge is 0.397 e. The number of aryl methyl sites for hydroxylation is 1. The molecule has 2 aromatic rings. The van der Waals surface area contributed by atoms with Crippen LogP contribution in [0.1, 0.15) is 36.2 Å². The van der Waals surface area contributed by atoms with Crippen LogP contribution in [0.4, 0.5) is 11.4 Å². The van der Waals surface area contributed by atoms with Crippen molar-refractivity contribution in [2.45, 2.75) is 32.7 Å². The third-order valence-corrected chi connectivity index (χ3v) is 3.99. The van der Waals surface area contributed by atoms with Gasteiger partial charge in [-0.05, 0) is 42.5 Å². The van der Waals surface area contributed by atoms with Crippen LogP contribution in [0.25, 0.3) is 0 Å². The van der Waals surface area contributed by atoms with E-state index in [1.165, 1.54) is 10.4 Å². The zero-order valence-electron chi connectivity index (χ0n) is 10.9. The average molecular weight is 260 g/mol. The predicted octanol–water partition coefficient (Wildman–Crippen LogP) is 4.59. The van der Waals surface area contributed by atoms with E-state index >= 15 is 0 Å². The normalized spacial score (nSPS) is 12.3. The molecule has 2 nitrogen and oxygen atoms in total. The molecule has 0 amide bonds. The maximum atomic E-state index is 6.06. The number of nitrogen functional groups attached to an aromatic ring is 1. The Labute approximate surface area is 113 Å². The van der Waals surface area contributed by atoms with E-state index in [9.17, 15) is 0 Å². The molecule has 1 unspecified atom stereocenters. The highest BCUT2D eigenvalue weighted by Crippen LogP contribution is 2.30. The number of thiophene rings is 1. The number of rotatable bonds is 5. The summed E-state index contributed by atoms with van der Waals surface area (Å²) in [5.41, 5.74) is 9.12.